The summed E-state index contributed by atoms with van der Waals surface area (Å²) < 4.78 is 28.2. The van der Waals surface area contributed by atoms with Gasteiger partial charge in [0.05, 0.1) is 16.9 Å². The lowest BCUT2D eigenvalue weighted by molar-refractivity contribution is -0.114. The highest BCUT2D eigenvalue weighted by molar-refractivity contribution is 9.10. The minimum absolute atomic E-state index is 0.198. The topological polar surface area (TPSA) is 74.3 Å². The number of rotatable bonds is 4. The summed E-state index contributed by atoms with van der Waals surface area (Å²) in [5, 5.41) is 4.60. The zero-order chi connectivity index (χ0) is 18.7. The summed E-state index contributed by atoms with van der Waals surface area (Å²) in [6, 6.07) is 3.14. The fraction of sp³-hybridized carbons (Fsp3) is 0.188. The molecule has 0 bridgehead atoms. The normalized spacial score (nSPS) is 10.3. The first-order valence-corrected chi connectivity index (χ1v) is 7.89. The van der Waals surface area contributed by atoms with Crippen molar-refractivity contribution in [1.29, 1.82) is 0 Å². The Balaban J connectivity index is 2.38. The lowest BCUT2D eigenvalue weighted by Crippen LogP contribution is -2.20. The highest BCUT2D eigenvalue weighted by atomic mass is 79.9. The third-order valence-electron chi connectivity index (χ3n) is 3.12. The molecule has 6 nitrogen and oxygen atoms in total. The van der Waals surface area contributed by atoms with Crippen LogP contribution in [0.25, 0.3) is 0 Å². The van der Waals surface area contributed by atoms with E-state index in [0.29, 0.717) is 16.4 Å². The molecule has 25 heavy (non-hydrogen) atoms. The van der Waals surface area contributed by atoms with Crippen LogP contribution in [0, 0.1) is 11.6 Å². The van der Waals surface area contributed by atoms with Crippen molar-refractivity contribution in [2.45, 2.75) is 6.92 Å². The highest BCUT2D eigenvalue weighted by Crippen LogP contribution is 2.26. The molecule has 2 amide bonds. The molecular weight excluding hydrogens is 398 g/mol. The van der Waals surface area contributed by atoms with Gasteiger partial charge in [-0.15, -0.1) is 0 Å². The molecule has 0 aliphatic carbocycles. The Bertz CT molecular complexity index is 843. The van der Waals surface area contributed by atoms with E-state index < -0.39 is 23.4 Å². The molecule has 0 aliphatic rings. The standard InChI is InChI=1S/C16H15BrF2N4O2/c1-8(24)21-13-6-14(12(19)5-11(13)18)22-16(25)10-4-9(17)7-20-15(10)23(2)3/h4-7H,1-3H3,(H,21,24)(H,22,25). The van der Waals surface area contributed by atoms with Crippen LogP contribution >= 0.6 is 15.9 Å². The van der Waals surface area contributed by atoms with E-state index in [0.717, 1.165) is 6.07 Å². The van der Waals surface area contributed by atoms with Gasteiger partial charge in [0.2, 0.25) is 5.91 Å². The number of nitrogens with zero attached hydrogens (tertiary/aromatic N) is 2. The van der Waals surface area contributed by atoms with Crippen LogP contribution in [0.5, 0.6) is 0 Å². The van der Waals surface area contributed by atoms with Crippen molar-refractivity contribution >= 4 is 44.9 Å². The Morgan fingerprint density at radius 1 is 1.08 bits per heavy atom. The number of aromatic nitrogens is 1. The summed E-state index contributed by atoms with van der Waals surface area (Å²) in [6.45, 7) is 1.19. The Morgan fingerprint density at radius 2 is 1.68 bits per heavy atom. The van der Waals surface area contributed by atoms with Crippen molar-refractivity contribution in [3.63, 3.8) is 0 Å². The summed E-state index contributed by atoms with van der Waals surface area (Å²) >= 11 is 3.23. The van der Waals surface area contributed by atoms with Crippen LogP contribution in [0.2, 0.25) is 0 Å². The molecule has 2 rings (SSSR count). The Labute approximate surface area is 151 Å². The molecule has 0 fully saturated rings. The van der Waals surface area contributed by atoms with Crippen LogP contribution in [0.3, 0.4) is 0 Å². The van der Waals surface area contributed by atoms with Gasteiger partial charge in [-0.2, -0.15) is 0 Å². The van der Waals surface area contributed by atoms with Gasteiger partial charge < -0.3 is 15.5 Å². The number of hydrogen-bond acceptors (Lipinski definition) is 4. The first-order chi connectivity index (χ1) is 11.7. The quantitative estimate of drug-likeness (QED) is 0.806. The summed E-state index contributed by atoms with van der Waals surface area (Å²) in [7, 11) is 3.42. The largest absolute Gasteiger partial charge is 0.362 e. The molecule has 0 aliphatic heterocycles. The molecule has 0 saturated heterocycles. The number of carbonyl (C=O) groups is 2. The maximum Gasteiger partial charge on any atom is 0.259 e. The molecule has 0 atom stereocenters. The number of carbonyl (C=O) groups excluding carboxylic acids is 2. The lowest BCUT2D eigenvalue weighted by atomic mass is 10.2. The number of pyridine rings is 1. The highest BCUT2D eigenvalue weighted by Gasteiger charge is 2.18. The van der Waals surface area contributed by atoms with E-state index >= 15 is 0 Å². The molecule has 0 spiro atoms. The molecular formula is C16H15BrF2N4O2. The predicted octanol–water partition coefficient (Wildman–Crippen LogP) is 3.40. The molecule has 0 saturated carbocycles. The van der Waals surface area contributed by atoms with Gasteiger partial charge in [0.25, 0.3) is 5.91 Å². The van der Waals surface area contributed by atoms with E-state index in [2.05, 4.69) is 31.5 Å². The van der Waals surface area contributed by atoms with Gasteiger partial charge in [0, 0.05) is 37.8 Å². The second kappa shape index (κ2) is 7.56. The van der Waals surface area contributed by atoms with Gasteiger partial charge in [-0.1, -0.05) is 0 Å². The molecule has 0 unspecified atom stereocenters. The fourth-order valence-corrected chi connectivity index (χ4v) is 2.41. The van der Waals surface area contributed by atoms with Gasteiger partial charge in [0.1, 0.15) is 17.5 Å². The molecule has 2 N–H and O–H groups in total. The van der Waals surface area contributed by atoms with E-state index in [1.807, 2.05) is 0 Å². The summed E-state index contributed by atoms with van der Waals surface area (Å²) in [6.07, 6.45) is 1.53. The number of halogens is 3. The van der Waals surface area contributed by atoms with Crippen molar-refractivity contribution < 1.29 is 18.4 Å². The summed E-state index contributed by atoms with van der Waals surface area (Å²) in [5.74, 6) is -2.67. The number of anilines is 3. The minimum atomic E-state index is -0.964. The van der Waals surface area contributed by atoms with Crippen molar-refractivity contribution in [3.05, 3.63) is 46.1 Å². The zero-order valence-corrected chi connectivity index (χ0v) is 15.2. The maximum atomic E-state index is 14.0. The first kappa shape index (κ1) is 18.8. The van der Waals surface area contributed by atoms with Crippen LogP contribution in [-0.2, 0) is 4.79 Å². The summed E-state index contributed by atoms with van der Waals surface area (Å²) in [5.41, 5.74) is -0.298. The fourth-order valence-electron chi connectivity index (χ4n) is 2.08. The van der Waals surface area contributed by atoms with Crippen molar-refractivity contribution in [3.8, 4) is 0 Å². The van der Waals surface area contributed by atoms with Crippen LogP contribution in [0.15, 0.2) is 28.9 Å². The first-order valence-electron chi connectivity index (χ1n) is 7.10. The van der Waals surface area contributed by atoms with Gasteiger partial charge in [-0.25, -0.2) is 13.8 Å². The van der Waals surface area contributed by atoms with E-state index in [1.165, 1.54) is 19.2 Å². The van der Waals surface area contributed by atoms with Crippen molar-refractivity contribution in [1.82, 2.24) is 4.98 Å². The number of amides is 2. The second-order valence-corrected chi connectivity index (χ2v) is 6.28. The van der Waals surface area contributed by atoms with E-state index in [4.69, 9.17) is 0 Å². The van der Waals surface area contributed by atoms with E-state index in [-0.39, 0.29) is 16.9 Å². The van der Waals surface area contributed by atoms with Gasteiger partial charge >= 0.3 is 0 Å². The third kappa shape index (κ3) is 4.50. The number of nitrogens with one attached hydrogen (secondary N) is 2. The van der Waals surface area contributed by atoms with Crippen LogP contribution < -0.4 is 15.5 Å². The smallest absolute Gasteiger partial charge is 0.259 e. The molecule has 1 heterocycles. The molecule has 1 aromatic carbocycles. The van der Waals surface area contributed by atoms with Crippen molar-refractivity contribution in [2.75, 3.05) is 29.6 Å². The van der Waals surface area contributed by atoms with Gasteiger partial charge in [-0.05, 0) is 28.1 Å². The average Bonchev–Trinajstić information content (AvgIpc) is 2.51. The number of benzene rings is 1. The molecule has 2 aromatic rings. The van der Waals surface area contributed by atoms with Crippen molar-refractivity contribution in [2.24, 2.45) is 0 Å². The average molecular weight is 413 g/mol. The van der Waals surface area contributed by atoms with Crippen LogP contribution in [0.1, 0.15) is 17.3 Å². The monoisotopic (exact) mass is 412 g/mol. The Morgan fingerprint density at radius 3 is 2.24 bits per heavy atom. The zero-order valence-electron chi connectivity index (χ0n) is 13.7. The van der Waals surface area contributed by atoms with Crippen LogP contribution in [-0.4, -0.2) is 30.9 Å². The maximum absolute atomic E-state index is 14.0. The SMILES string of the molecule is CC(=O)Nc1cc(NC(=O)c2cc(Br)cnc2N(C)C)c(F)cc1F. The molecule has 132 valence electrons. The van der Waals surface area contributed by atoms with E-state index in [9.17, 15) is 18.4 Å². The Hall–Kier alpha value is -2.55. The van der Waals surface area contributed by atoms with E-state index in [1.54, 1.807) is 19.0 Å². The molecule has 9 heteroatoms. The summed E-state index contributed by atoms with van der Waals surface area (Å²) in [4.78, 5) is 29.4. The third-order valence-corrected chi connectivity index (χ3v) is 3.55. The second-order valence-electron chi connectivity index (χ2n) is 5.37. The van der Waals surface area contributed by atoms with Gasteiger partial charge in [-0.3, -0.25) is 9.59 Å². The molecule has 1 aromatic heterocycles. The van der Waals surface area contributed by atoms with Crippen LogP contribution in [0.4, 0.5) is 26.0 Å². The molecule has 0 radical (unpaired) electrons. The number of hydrogen-bond donors (Lipinski definition) is 2. The predicted molar refractivity (Wildman–Crippen MR) is 94.9 cm³/mol. The minimum Gasteiger partial charge on any atom is -0.362 e. The van der Waals surface area contributed by atoms with Gasteiger partial charge in [0.15, 0.2) is 0 Å². The lowest BCUT2D eigenvalue weighted by Gasteiger charge is -2.16. The Kier molecular flexibility index (Phi) is 5.68.